The summed E-state index contributed by atoms with van der Waals surface area (Å²) in [5.74, 6) is 0.749. The normalized spacial score (nSPS) is 13.1. The fraction of sp³-hybridized carbons (Fsp3) is 0.857. The molecule has 90 valence electrons. The summed E-state index contributed by atoms with van der Waals surface area (Å²) in [6.45, 7) is 14.3. The highest BCUT2D eigenvalue weighted by Gasteiger charge is 2.01. The van der Waals surface area contributed by atoms with Gasteiger partial charge < -0.3 is 4.90 Å². The Morgan fingerprint density at radius 2 is 1.73 bits per heavy atom. The van der Waals surface area contributed by atoms with E-state index in [0.29, 0.717) is 0 Å². The maximum Gasteiger partial charge on any atom is -0.00190 e. The van der Waals surface area contributed by atoms with Crippen LogP contribution in [0.3, 0.4) is 0 Å². The van der Waals surface area contributed by atoms with Crippen LogP contribution in [0.5, 0.6) is 0 Å². The smallest absolute Gasteiger partial charge is 0.00190 e. The van der Waals surface area contributed by atoms with E-state index in [9.17, 15) is 0 Å². The van der Waals surface area contributed by atoms with Crippen molar-refractivity contribution in [3.05, 3.63) is 12.7 Å². The van der Waals surface area contributed by atoms with Crippen molar-refractivity contribution in [3.63, 3.8) is 0 Å². The van der Waals surface area contributed by atoms with Crippen molar-refractivity contribution in [2.75, 3.05) is 19.6 Å². The Bertz CT molecular complexity index is 138. The number of hydrogen-bond acceptors (Lipinski definition) is 1. The van der Waals surface area contributed by atoms with E-state index in [4.69, 9.17) is 0 Å². The molecule has 0 heterocycles. The molecule has 0 rings (SSSR count). The zero-order chi connectivity index (χ0) is 11.5. The first-order valence-electron chi connectivity index (χ1n) is 6.63. The van der Waals surface area contributed by atoms with Gasteiger partial charge in [-0.3, -0.25) is 0 Å². The second-order valence-electron chi connectivity index (χ2n) is 4.28. The highest BCUT2D eigenvalue weighted by Crippen LogP contribution is 2.14. The van der Waals surface area contributed by atoms with Gasteiger partial charge in [-0.2, -0.15) is 0 Å². The van der Waals surface area contributed by atoms with Gasteiger partial charge in [0.1, 0.15) is 0 Å². The first-order chi connectivity index (χ1) is 7.28. The Kier molecular flexibility index (Phi) is 10.0. The summed E-state index contributed by atoms with van der Waals surface area (Å²) < 4.78 is 0. The summed E-state index contributed by atoms with van der Waals surface area (Å²) in [5, 5.41) is 0. The van der Waals surface area contributed by atoms with Gasteiger partial charge in [0, 0.05) is 0 Å². The van der Waals surface area contributed by atoms with Crippen LogP contribution in [0, 0.1) is 5.92 Å². The average molecular weight is 211 g/mol. The van der Waals surface area contributed by atoms with Crippen molar-refractivity contribution in [2.45, 2.75) is 52.9 Å². The van der Waals surface area contributed by atoms with E-state index in [0.717, 1.165) is 5.92 Å². The van der Waals surface area contributed by atoms with Gasteiger partial charge in [0.2, 0.25) is 0 Å². The predicted molar refractivity (Wildman–Crippen MR) is 70.2 cm³/mol. The lowest BCUT2D eigenvalue weighted by Gasteiger charge is -2.17. The quantitative estimate of drug-likeness (QED) is 0.388. The predicted octanol–water partition coefficient (Wildman–Crippen LogP) is 4.10. The van der Waals surface area contributed by atoms with Crippen LogP contribution in [-0.4, -0.2) is 24.5 Å². The first kappa shape index (κ1) is 14.7. The molecule has 0 aromatic carbocycles. The third-order valence-corrected chi connectivity index (χ3v) is 3.30. The zero-order valence-corrected chi connectivity index (χ0v) is 11.0. The van der Waals surface area contributed by atoms with Crippen molar-refractivity contribution in [1.82, 2.24) is 4.90 Å². The molecule has 0 aromatic heterocycles. The third-order valence-electron chi connectivity index (χ3n) is 3.30. The third kappa shape index (κ3) is 7.61. The molecule has 0 radical (unpaired) electrons. The van der Waals surface area contributed by atoms with Crippen molar-refractivity contribution in [3.8, 4) is 0 Å². The van der Waals surface area contributed by atoms with Crippen LogP contribution >= 0.6 is 0 Å². The number of rotatable bonds is 10. The van der Waals surface area contributed by atoms with Crippen molar-refractivity contribution >= 4 is 0 Å². The molecule has 0 saturated carbocycles. The van der Waals surface area contributed by atoms with Crippen molar-refractivity contribution in [1.29, 1.82) is 0 Å². The monoisotopic (exact) mass is 211 g/mol. The fourth-order valence-corrected chi connectivity index (χ4v) is 1.95. The minimum atomic E-state index is 0.749. The van der Waals surface area contributed by atoms with Gasteiger partial charge in [0.25, 0.3) is 0 Å². The number of allylic oxidation sites excluding steroid dienone is 1. The van der Waals surface area contributed by atoms with E-state index in [-0.39, 0.29) is 0 Å². The SMILES string of the molecule is C=CC(CC)CCCCCN(CC)CC. The number of unbranched alkanes of at least 4 members (excludes halogenated alkanes) is 2. The lowest BCUT2D eigenvalue weighted by atomic mass is 9.99. The van der Waals surface area contributed by atoms with Gasteiger partial charge in [0.15, 0.2) is 0 Å². The van der Waals surface area contributed by atoms with E-state index in [1.165, 1.54) is 51.7 Å². The molecule has 0 amide bonds. The van der Waals surface area contributed by atoms with E-state index < -0.39 is 0 Å². The summed E-state index contributed by atoms with van der Waals surface area (Å²) in [5.41, 5.74) is 0. The molecule has 0 bridgehead atoms. The standard InChI is InChI=1S/C14H29N/c1-5-14(6-2)12-10-9-11-13-15(7-3)8-4/h5,14H,1,6-13H2,2-4H3. The molecule has 0 aliphatic heterocycles. The van der Waals surface area contributed by atoms with Crippen molar-refractivity contribution < 1.29 is 0 Å². The van der Waals surface area contributed by atoms with Gasteiger partial charge in [0.05, 0.1) is 0 Å². The molecular formula is C14H29N. The van der Waals surface area contributed by atoms with Gasteiger partial charge in [-0.15, -0.1) is 6.58 Å². The first-order valence-corrected chi connectivity index (χ1v) is 6.63. The maximum atomic E-state index is 3.88. The molecule has 15 heavy (non-hydrogen) atoms. The minimum Gasteiger partial charge on any atom is -0.304 e. The summed E-state index contributed by atoms with van der Waals surface area (Å²) in [4.78, 5) is 2.50. The van der Waals surface area contributed by atoms with Crippen LogP contribution in [0.15, 0.2) is 12.7 Å². The summed E-state index contributed by atoms with van der Waals surface area (Å²) >= 11 is 0. The van der Waals surface area contributed by atoms with Gasteiger partial charge in [-0.1, -0.05) is 39.7 Å². The lowest BCUT2D eigenvalue weighted by molar-refractivity contribution is 0.294. The topological polar surface area (TPSA) is 3.24 Å². The summed E-state index contributed by atoms with van der Waals surface area (Å²) in [6.07, 6.45) is 8.80. The Balaban J connectivity index is 3.34. The fourth-order valence-electron chi connectivity index (χ4n) is 1.95. The van der Waals surface area contributed by atoms with Gasteiger partial charge >= 0.3 is 0 Å². The molecule has 0 fully saturated rings. The van der Waals surface area contributed by atoms with Crippen LogP contribution in [0.2, 0.25) is 0 Å². The second kappa shape index (κ2) is 10.2. The molecule has 0 aromatic rings. The van der Waals surface area contributed by atoms with Crippen LogP contribution in [0.25, 0.3) is 0 Å². The highest BCUT2D eigenvalue weighted by molar-refractivity contribution is 4.77. The van der Waals surface area contributed by atoms with Crippen LogP contribution in [-0.2, 0) is 0 Å². The van der Waals surface area contributed by atoms with E-state index in [1.807, 2.05) is 0 Å². The molecule has 1 atom stereocenters. The maximum absolute atomic E-state index is 3.88. The Morgan fingerprint density at radius 1 is 1.07 bits per heavy atom. The summed E-state index contributed by atoms with van der Waals surface area (Å²) in [7, 11) is 0. The Labute approximate surface area is 96.6 Å². The van der Waals surface area contributed by atoms with E-state index >= 15 is 0 Å². The lowest BCUT2D eigenvalue weighted by Crippen LogP contribution is -2.23. The largest absolute Gasteiger partial charge is 0.304 e. The molecule has 0 aliphatic carbocycles. The van der Waals surface area contributed by atoms with Gasteiger partial charge in [-0.05, 0) is 44.8 Å². The van der Waals surface area contributed by atoms with Crippen LogP contribution in [0.1, 0.15) is 52.9 Å². The molecule has 1 nitrogen and oxygen atoms in total. The Morgan fingerprint density at radius 3 is 2.20 bits per heavy atom. The van der Waals surface area contributed by atoms with Crippen LogP contribution in [0.4, 0.5) is 0 Å². The molecule has 0 N–H and O–H groups in total. The molecule has 0 spiro atoms. The van der Waals surface area contributed by atoms with Crippen molar-refractivity contribution in [2.24, 2.45) is 5.92 Å². The minimum absolute atomic E-state index is 0.749. The number of hydrogen-bond donors (Lipinski definition) is 0. The molecule has 0 saturated heterocycles. The van der Waals surface area contributed by atoms with Crippen LogP contribution < -0.4 is 0 Å². The molecular weight excluding hydrogens is 182 g/mol. The Hall–Kier alpha value is -0.300. The second-order valence-corrected chi connectivity index (χ2v) is 4.28. The number of nitrogens with zero attached hydrogens (tertiary/aromatic N) is 1. The van der Waals surface area contributed by atoms with E-state index in [1.54, 1.807) is 0 Å². The summed E-state index contributed by atoms with van der Waals surface area (Å²) in [6, 6.07) is 0. The van der Waals surface area contributed by atoms with E-state index in [2.05, 4.69) is 38.3 Å². The zero-order valence-electron chi connectivity index (χ0n) is 11.0. The molecule has 0 aliphatic rings. The molecule has 1 unspecified atom stereocenters. The molecule has 1 heteroatoms. The van der Waals surface area contributed by atoms with Gasteiger partial charge in [-0.25, -0.2) is 0 Å². The highest BCUT2D eigenvalue weighted by atomic mass is 15.1. The average Bonchev–Trinajstić information content (AvgIpc) is 2.29.